The third-order valence-electron chi connectivity index (χ3n) is 3.42. The molecule has 24 heavy (non-hydrogen) atoms. The monoisotopic (exact) mass is 326 g/mol. The standard InChI is InChI=1S/C19H22N2O3/c1-13-5-4-6-16(10-13)20-18(22)11-24-12-19(23)21-17-8-7-14(2)9-15(17)3/h4-10H,11-12H2,1-3H3,(H,20,22)(H,21,23). The summed E-state index contributed by atoms with van der Waals surface area (Å²) in [5, 5.41) is 5.50. The van der Waals surface area contributed by atoms with Gasteiger partial charge in [-0.05, 0) is 50.1 Å². The van der Waals surface area contributed by atoms with Crippen molar-refractivity contribution in [2.24, 2.45) is 0 Å². The number of rotatable bonds is 6. The Bertz CT molecular complexity index is 741. The van der Waals surface area contributed by atoms with Crippen molar-refractivity contribution in [1.82, 2.24) is 0 Å². The Morgan fingerprint density at radius 2 is 1.54 bits per heavy atom. The fourth-order valence-electron chi connectivity index (χ4n) is 2.30. The Kier molecular flexibility index (Phi) is 6.09. The average molecular weight is 326 g/mol. The molecular formula is C19H22N2O3. The summed E-state index contributed by atoms with van der Waals surface area (Å²) in [6.45, 7) is 5.53. The number of amides is 2. The van der Waals surface area contributed by atoms with E-state index in [9.17, 15) is 9.59 Å². The lowest BCUT2D eigenvalue weighted by Crippen LogP contribution is -2.24. The van der Waals surface area contributed by atoms with Crippen molar-refractivity contribution in [3.8, 4) is 0 Å². The molecule has 5 heteroatoms. The predicted molar refractivity (Wildman–Crippen MR) is 95.2 cm³/mol. The van der Waals surface area contributed by atoms with E-state index in [2.05, 4.69) is 10.6 Å². The summed E-state index contributed by atoms with van der Waals surface area (Å²) >= 11 is 0. The second-order valence-corrected chi connectivity index (χ2v) is 5.78. The largest absolute Gasteiger partial charge is 0.362 e. The molecule has 0 aliphatic rings. The van der Waals surface area contributed by atoms with Crippen LogP contribution in [0.5, 0.6) is 0 Å². The first-order valence-electron chi connectivity index (χ1n) is 7.75. The quantitative estimate of drug-likeness (QED) is 0.856. The van der Waals surface area contributed by atoms with E-state index >= 15 is 0 Å². The first kappa shape index (κ1) is 17.7. The Balaban J connectivity index is 1.75. The molecule has 0 aromatic heterocycles. The van der Waals surface area contributed by atoms with Crippen LogP contribution in [0.15, 0.2) is 42.5 Å². The highest BCUT2D eigenvalue weighted by Gasteiger charge is 2.08. The van der Waals surface area contributed by atoms with Gasteiger partial charge < -0.3 is 15.4 Å². The maximum atomic E-state index is 11.9. The van der Waals surface area contributed by atoms with E-state index in [0.29, 0.717) is 5.69 Å². The van der Waals surface area contributed by atoms with Gasteiger partial charge >= 0.3 is 0 Å². The molecule has 0 spiro atoms. The van der Waals surface area contributed by atoms with Crippen molar-refractivity contribution in [2.45, 2.75) is 20.8 Å². The van der Waals surface area contributed by atoms with Crippen molar-refractivity contribution >= 4 is 23.2 Å². The van der Waals surface area contributed by atoms with Crippen LogP contribution in [0.4, 0.5) is 11.4 Å². The van der Waals surface area contributed by atoms with E-state index in [1.807, 2.05) is 57.2 Å². The lowest BCUT2D eigenvalue weighted by molar-refractivity contribution is -0.125. The Labute approximate surface area is 142 Å². The van der Waals surface area contributed by atoms with Crippen LogP contribution in [0.1, 0.15) is 16.7 Å². The third kappa shape index (κ3) is 5.52. The Hall–Kier alpha value is -2.66. The molecule has 2 aromatic carbocycles. The maximum absolute atomic E-state index is 11.9. The van der Waals surface area contributed by atoms with Crippen molar-refractivity contribution < 1.29 is 14.3 Å². The second kappa shape index (κ2) is 8.26. The lowest BCUT2D eigenvalue weighted by Gasteiger charge is -2.10. The summed E-state index contributed by atoms with van der Waals surface area (Å²) in [6, 6.07) is 13.3. The highest BCUT2D eigenvalue weighted by molar-refractivity contribution is 5.94. The number of anilines is 2. The maximum Gasteiger partial charge on any atom is 0.250 e. The van der Waals surface area contributed by atoms with E-state index in [0.717, 1.165) is 22.4 Å². The summed E-state index contributed by atoms with van der Waals surface area (Å²) in [4.78, 5) is 23.7. The van der Waals surface area contributed by atoms with Gasteiger partial charge in [0.25, 0.3) is 0 Å². The molecule has 0 aliphatic carbocycles. The number of benzene rings is 2. The van der Waals surface area contributed by atoms with Gasteiger partial charge in [0.15, 0.2) is 0 Å². The van der Waals surface area contributed by atoms with Crippen LogP contribution < -0.4 is 10.6 Å². The van der Waals surface area contributed by atoms with Gasteiger partial charge in [-0.2, -0.15) is 0 Å². The van der Waals surface area contributed by atoms with Crippen LogP contribution in [-0.2, 0) is 14.3 Å². The molecule has 0 heterocycles. The molecule has 5 nitrogen and oxygen atoms in total. The zero-order chi connectivity index (χ0) is 17.5. The summed E-state index contributed by atoms with van der Waals surface area (Å²) in [7, 11) is 0. The van der Waals surface area contributed by atoms with E-state index in [1.165, 1.54) is 0 Å². The van der Waals surface area contributed by atoms with Crippen molar-refractivity contribution in [3.05, 3.63) is 59.2 Å². The summed E-state index contributed by atoms with van der Waals surface area (Å²) in [5.41, 5.74) is 4.64. The van der Waals surface area contributed by atoms with Gasteiger partial charge in [-0.3, -0.25) is 9.59 Å². The first-order valence-corrected chi connectivity index (χ1v) is 7.75. The summed E-state index contributed by atoms with van der Waals surface area (Å²) in [6.07, 6.45) is 0. The number of nitrogens with one attached hydrogen (secondary N) is 2. The fraction of sp³-hybridized carbons (Fsp3) is 0.263. The number of carbonyl (C=O) groups excluding carboxylic acids is 2. The minimum atomic E-state index is -0.292. The molecule has 0 bridgehead atoms. The Morgan fingerprint density at radius 3 is 2.21 bits per heavy atom. The lowest BCUT2D eigenvalue weighted by atomic mass is 10.1. The van der Waals surface area contributed by atoms with Gasteiger partial charge in [0.05, 0.1) is 0 Å². The highest BCUT2D eigenvalue weighted by atomic mass is 16.5. The van der Waals surface area contributed by atoms with Crippen LogP contribution in [0.25, 0.3) is 0 Å². The van der Waals surface area contributed by atoms with Gasteiger partial charge in [-0.1, -0.05) is 29.8 Å². The van der Waals surface area contributed by atoms with Crippen molar-refractivity contribution in [1.29, 1.82) is 0 Å². The summed E-state index contributed by atoms with van der Waals surface area (Å²) in [5.74, 6) is -0.578. The molecule has 126 valence electrons. The smallest absolute Gasteiger partial charge is 0.250 e. The van der Waals surface area contributed by atoms with E-state index in [-0.39, 0.29) is 25.0 Å². The Morgan fingerprint density at radius 1 is 0.875 bits per heavy atom. The molecule has 2 N–H and O–H groups in total. The molecule has 0 radical (unpaired) electrons. The number of hydrogen-bond donors (Lipinski definition) is 2. The molecule has 2 rings (SSSR count). The molecule has 0 atom stereocenters. The van der Waals surface area contributed by atoms with Gasteiger partial charge in [-0.25, -0.2) is 0 Å². The zero-order valence-corrected chi connectivity index (χ0v) is 14.2. The molecule has 0 fully saturated rings. The average Bonchev–Trinajstić information content (AvgIpc) is 2.50. The normalized spacial score (nSPS) is 10.3. The topological polar surface area (TPSA) is 67.4 Å². The van der Waals surface area contributed by atoms with Crippen molar-refractivity contribution in [2.75, 3.05) is 23.8 Å². The number of ether oxygens (including phenoxy) is 1. The van der Waals surface area contributed by atoms with Gasteiger partial charge in [0.1, 0.15) is 13.2 Å². The third-order valence-corrected chi connectivity index (χ3v) is 3.42. The van der Waals surface area contributed by atoms with Gasteiger partial charge in [0, 0.05) is 11.4 Å². The molecule has 0 saturated heterocycles. The molecule has 2 amide bonds. The van der Waals surface area contributed by atoms with Gasteiger partial charge in [-0.15, -0.1) is 0 Å². The van der Waals surface area contributed by atoms with Crippen molar-refractivity contribution in [3.63, 3.8) is 0 Å². The van der Waals surface area contributed by atoms with Crippen LogP contribution in [0.2, 0.25) is 0 Å². The van der Waals surface area contributed by atoms with Crippen LogP contribution in [0, 0.1) is 20.8 Å². The molecule has 0 unspecified atom stereocenters. The van der Waals surface area contributed by atoms with Gasteiger partial charge in [0.2, 0.25) is 11.8 Å². The van der Waals surface area contributed by atoms with E-state index in [4.69, 9.17) is 4.74 Å². The zero-order valence-electron chi connectivity index (χ0n) is 14.2. The molecule has 0 saturated carbocycles. The minimum Gasteiger partial charge on any atom is -0.362 e. The predicted octanol–water partition coefficient (Wildman–Crippen LogP) is 3.21. The molecular weight excluding hydrogens is 304 g/mol. The SMILES string of the molecule is Cc1cccc(NC(=O)COCC(=O)Nc2ccc(C)cc2C)c1. The highest BCUT2D eigenvalue weighted by Crippen LogP contribution is 2.15. The minimum absolute atomic E-state index is 0.172. The van der Waals surface area contributed by atoms with E-state index in [1.54, 1.807) is 6.07 Å². The summed E-state index contributed by atoms with van der Waals surface area (Å²) < 4.78 is 5.17. The number of carbonyl (C=O) groups is 2. The number of aryl methyl sites for hydroxylation is 3. The molecule has 2 aromatic rings. The van der Waals surface area contributed by atoms with Crippen LogP contribution in [-0.4, -0.2) is 25.0 Å². The van der Waals surface area contributed by atoms with Crippen LogP contribution in [0.3, 0.4) is 0 Å². The fourth-order valence-corrected chi connectivity index (χ4v) is 2.30. The number of hydrogen-bond acceptors (Lipinski definition) is 3. The van der Waals surface area contributed by atoms with E-state index < -0.39 is 0 Å². The first-order chi connectivity index (χ1) is 11.4. The van der Waals surface area contributed by atoms with Crippen LogP contribution >= 0.6 is 0 Å². The molecule has 0 aliphatic heterocycles. The second-order valence-electron chi connectivity index (χ2n) is 5.78.